The van der Waals surface area contributed by atoms with Gasteiger partial charge in [0.1, 0.15) is 17.4 Å². The molecule has 3 aliphatic heterocycles. The van der Waals surface area contributed by atoms with Gasteiger partial charge in [-0.25, -0.2) is 0 Å². The number of amides is 3. The molecule has 1 saturated carbocycles. The number of ether oxygens (including phenoxy) is 2. The van der Waals surface area contributed by atoms with Crippen molar-refractivity contribution in [2.45, 2.75) is 82.7 Å². The fourth-order valence-electron chi connectivity index (χ4n) is 6.61. The summed E-state index contributed by atoms with van der Waals surface area (Å²) < 4.78 is 11.7. The lowest BCUT2D eigenvalue weighted by molar-refractivity contribution is -0.147. The Morgan fingerprint density at radius 1 is 1.17 bits per heavy atom. The maximum atomic E-state index is 14.0. The van der Waals surface area contributed by atoms with E-state index in [9.17, 15) is 14.4 Å². The minimum Gasteiger partial charge on any atom is -0.497 e. The summed E-state index contributed by atoms with van der Waals surface area (Å²) in [6.07, 6.45) is 7.41. The lowest BCUT2D eigenvalue weighted by Crippen LogP contribution is -2.61. The summed E-state index contributed by atoms with van der Waals surface area (Å²) in [6.45, 7) is 7.94. The van der Waals surface area contributed by atoms with Gasteiger partial charge in [0, 0.05) is 23.3 Å². The molecule has 2 N–H and O–H groups in total. The summed E-state index contributed by atoms with van der Waals surface area (Å²) in [5.41, 5.74) is -1.20. The van der Waals surface area contributed by atoms with E-state index in [1.807, 2.05) is 32.9 Å². The summed E-state index contributed by atoms with van der Waals surface area (Å²) in [4.78, 5) is 43.1. The molecular formula is C28H37N3O5. The normalized spacial score (nSPS) is 35.0. The molecule has 0 aromatic heterocycles. The van der Waals surface area contributed by atoms with Crippen LogP contribution in [-0.2, 0) is 19.1 Å². The zero-order valence-electron chi connectivity index (χ0n) is 21.7. The van der Waals surface area contributed by atoms with Crippen LogP contribution in [0, 0.1) is 17.8 Å². The number of benzene rings is 1. The van der Waals surface area contributed by atoms with Crippen LogP contribution in [0.5, 0.6) is 5.75 Å². The number of methoxy groups -OCH3 is 1. The van der Waals surface area contributed by atoms with Crippen molar-refractivity contribution in [1.29, 1.82) is 0 Å². The Morgan fingerprint density at radius 2 is 1.92 bits per heavy atom. The summed E-state index contributed by atoms with van der Waals surface area (Å²) >= 11 is 0. The van der Waals surface area contributed by atoms with Crippen LogP contribution in [0.25, 0.3) is 0 Å². The largest absolute Gasteiger partial charge is 0.497 e. The van der Waals surface area contributed by atoms with Crippen molar-refractivity contribution in [3.05, 3.63) is 36.4 Å². The number of nitrogens with one attached hydrogen (secondary N) is 2. The van der Waals surface area contributed by atoms with Gasteiger partial charge in [0.2, 0.25) is 17.7 Å². The summed E-state index contributed by atoms with van der Waals surface area (Å²) in [5, 5.41) is 6.20. The molecule has 1 aromatic carbocycles. The van der Waals surface area contributed by atoms with E-state index in [0.29, 0.717) is 17.4 Å². The molecule has 8 heteroatoms. The molecule has 2 saturated heterocycles. The van der Waals surface area contributed by atoms with Gasteiger partial charge in [-0.2, -0.15) is 0 Å². The first-order chi connectivity index (χ1) is 17.1. The lowest BCUT2D eigenvalue weighted by Gasteiger charge is -2.41. The predicted molar refractivity (Wildman–Crippen MR) is 135 cm³/mol. The van der Waals surface area contributed by atoms with Gasteiger partial charge in [0.15, 0.2) is 0 Å². The van der Waals surface area contributed by atoms with Crippen molar-refractivity contribution in [3.63, 3.8) is 0 Å². The highest BCUT2D eigenvalue weighted by molar-refractivity contribution is 6.03. The van der Waals surface area contributed by atoms with E-state index in [2.05, 4.69) is 17.6 Å². The summed E-state index contributed by atoms with van der Waals surface area (Å²) in [7, 11) is 1.57. The number of rotatable bonds is 5. The minimum atomic E-state index is -1.16. The van der Waals surface area contributed by atoms with E-state index < -0.39 is 35.1 Å². The second kappa shape index (κ2) is 8.91. The van der Waals surface area contributed by atoms with E-state index in [4.69, 9.17) is 9.47 Å². The van der Waals surface area contributed by atoms with E-state index in [1.165, 1.54) is 6.42 Å². The van der Waals surface area contributed by atoms with Crippen LogP contribution in [0.4, 0.5) is 5.69 Å². The number of carbonyl (C=O) groups excluding carboxylic acids is 3. The molecule has 3 amide bonds. The fourth-order valence-corrected chi connectivity index (χ4v) is 6.61. The van der Waals surface area contributed by atoms with Crippen molar-refractivity contribution in [1.82, 2.24) is 10.2 Å². The lowest BCUT2D eigenvalue weighted by atomic mass is 9.74. The maximum absolute atomic E-state index is 14.0. The molecule has 2 bridgehead atoms. The van der Waals surface area contributed by atoms with Gasteiger partial charge >= 0.3 is 0 Å². The Labute approximate surface area is 212 Å². The predicted octanol–water partition coefficient (Wildman–Crippen LogP) is 3.28. The van der Waals surface area contributed by atoms with E-state index in [0.717, 1.165) is 19.3 Å². The van der Waals surface area contributed by atoms with Crippen LogP contribution in [-0.4, -0.2) is 59.1 Å². The Bertz CT molecular complexity index is 1090. The molecule has 8 nitrogen and oxygen atoms in total. The second-order valence-electron chi connectivity index (χ2n) is 11.7. The van der Waals surface area contributed by atoms with Crippen LogP contribution >= 0.6 is 0 Å². The van der Waals surface area contributed by atoms with Gasteiger partial charge in [0.25, 0.3) is 0 Å². The van der Waals surface area contributed by atoms with Crippen LogP contribution in [0.1, 0.15) is 53.4 Å². The van der Waals surface area contributed by atoms with Gasteiger partial charge in [-0.3, -0.25) is 14.4 Å². The SMILES string of the molecule is COc1cccc(NC(=O)[C@H]2[C@H]3C=C[C@@]4(O3)[C@H]2C(=O)N(C(C)(C)C)[C@@H]4C(=O)N[C@H]2CCCC[C@H]2C)c1. The molecule has 5 rings (SSSR count). The molecule has 3 heterocycles. The van der Waals surface area contributed by atoms with Crippen LogP contribution in [0.15, 0.2) is 36.4 Å². The van der Waals surface area contributed by atoms with Crippen LogP contribution in [0.3, 0.4) is 0 Å². The van der Waals surface area contributed by atoms with Gasteiger partial charge in [-0.1, -0.05) is 38.0 Å². The monoisotopic (exact) mass is 495 g/mol. The first kappa shape index (κ1) is 24.8. The first-order valence-corrected chi connectivity index (χ1v) is 13.0. The summed E-state index contributed by atoms with van der Waals surface area (Å²) in [5.74, 6) is -1.20. The first-order valence-electron chi connectivity index (χ1n) is 13.0. The molecule has 3 fully saturated rings. The molecule has 0 radical (unpaired) electrons. The van der Waals surface area contributed by atoms with Gasteiger partial charge in [-0.05, 0) is 51.7 Å². The highest BCUT2D eigenvalue weighted by atomic mass is 16.5. The number of likely N-dealkylation sites (tertiary alicyclic amines) is 1. The smallest absolute Gasteiger partial charge is 0.246 e. The van der Waals surface area contributed by atoms with Crippen LogP contribution in [0.2, 0.25) is 0 Å². The fraction of sp³-hybridized carbons (Fsp3) is 0.607. The molecule has 0 unspecified atom stereocenters. The Morgan fingerprint density at radius 3 is 2.61 bits per heavy atom. The van der Waals surface area contributed by atoms with Crippen molar-refractivity contribution >= 4 is 23.4 Å². The molecule has 7 atom stereocenters. The van der Waals surface area contributed by atoms with E-state index >= 15 is 0 Å². The van der Waals surface area contributed by atoms with Crippen molar-refractivity contribution in [2.75, 3.05) is 12.4 Å². The van der Waals surface area contributed by atoms with Gasteiger partial charge in [0.05, 0.1) is 25.0 Å². The average molecular weight is 496 g/mol. The maximum Gasteiger partial charge on any atom is 0.246 e. The molecule has 36 heavy (non-hydrogen) atoms. The zero-order valence-corrected chi connectivity index (χ0v) is 21.7. The second-order valence-corrected chi connectivity index (χ2v) is 11.7. The summed E-state index contributed by atoms with van der Waals surface area (Å²) in [6, 6.07) is 6.35. The molecule has 1 aliphatic carbocycles. The van der Waals surface area contributed by atoms with Crippen molar-refractivity contribution in [2.24, 2.45) is 17.8 Å². The Kier molecular flexibility index (Phi) is 6.14. The molecule has 194 valence electrons. The van der Waals surface area contributed by atoms with Crippen molar-refractivity contribution in [3.8, 4) is 5.75 Å². The molecule has 4 aliphatic rings. The average Bonchev–Trinajstić information content (AvgIpc) is 3.47. The number of nitrogens with zero attached hydrogens (tertiary/aromatic N) is 1. The number of hydrogen-bond acceptors (Lipinski definition) is 5. The molecule has 1 aromatic rings. The number of fused-ring (bicyclic) bond motifs is 1. The third-order valence-electron chi connectivity index (χ3n) is 8.33. The molecule has 1 spiro atoms. The van der Waals surface area contributed by atoms with Gasteiger partial charge in [-0.15, -0.1) is 0 Å². The minimum absolute atomic E-state index is 0.0772. The molecular weight excluding hydrogens is 458 g/mol. The quantitative estimate of drug-likeness (QED) is 0.611. The van der Waals surface area contributed by atoms with Crippen LogP contribution < -0.4 is 15.4 Å². The highest BCUT2D eigenvalue weighted by Gasteiger charge is 2.74. The standard InChI is InChI=1S/C28H37N3O5/c1-16-9-6-7-12-19(16)30-25(33)23-28-14-13-20(36-28)21(22(28)26(34)31(23)27(2,3)4)24(32)29-17-10-8-11-18(15-17)35-5/h8,10-11,13-16,19-23H,6-7,9,12H2,1-5H3,(H,29,32)(H,30,33)/t16-,19+,20-,21+,22-,23-,28-/m1/s1. The third kappa shape index (κ3) is 3.90. The zero-order chi connectivity index (χ0) is 25.8. The number of hydrogen-bond donors (Lipinski definition) is 2. The van der Waals surface area contributed by atoms with E-state index in [1.54, 1.807) is 36.3 Å². The Hall–Kier alpha value is -2.87. The highest BCUT2D eigenvalue weighted by Crippen LogP contribution is 2.56. The van der Waals surface area contributed by atoms with E-state index in [-0.39, 0.29) is 23.8 Å². The third-order valence-corrected chi connectivity index (χ3v) is 8.33. The topological polar surface area (TPSA) is 97.0 Å². The number of anilines is 1. The Balaban J connectivity index is 1.46. The van der Waals surface area contributed by atoms with Crippen molar-refractivity contribution < 1.29 is 23.9 Å². The number of carbonyl (C=O) groups is 3. The van der Waals surface area contributed by atoms with Gasteiger partial charge < -0.3 is 25.0 Å².